The topological polar surface area (TPSA) is 49.4 Å². The zero-order chi connectivity index (χ0) is 19.6. The van der Waals surface area contributed by atoms with Gasteiger partial charge in [-0.3, -0.25) is 14.5 Å². The van der Waals surface area contributed by atoms with E-state index in [1.165, 1.54) is 5.56 Å². The van der Waals surface area contributed by atoms with Gasteiger partial charge in [-0.1, -0.05) is 58.0 Å². The molecule has 0 saturated carbocycles. The minimum Gasteiger partial charge on any atom is -0.326 e. The van der Waals surface area contributed by atoms with Crippen molar-refractivity contribution in [3.8, 4) is 0 Å². The lowest BCUT2D eigenvalue weighted by Gasteiger charge is -2.26. The van der Waals surface area contributed by atoms with Crippen LogP contribution in [0.3, 0.4) is 0 Å². The molecule has 2 aromatic carbocycles. The highest BCUT2D eigenvalue weighted by Gasteiger charge is 2.34. The molecule has 2 amide bonds. The van der Waals surface area contributed by atoms with Gasteiger partial charge >= 0.3 is 0 Å². The average molecular weight is 383 g/mol. The van der Waals surface area contributed by atoms with Crippen molar-refractivity contribution in [2.24, 2.45) is 5.41 Å². The highest BCUT2D eigenvalue weighted by molar-refractivity contribution is 8.00. The van der Waals surface area contributed by atoms with Crippen molar-refractivity contribution in [2.45, 2.75) is 39.5 Å². The number of aryl methyl sites for hydroxylation is 1. The average Bonchev–Trinajstić information content (AvgIpc) is 3.02. The Morgan fingerprint density at radius 3 is 2.44 bits per heavy atom. The molecule has 0 radical (unpaired) electrons. The maximum atomic E-state index is 12.6. The van der Waals surface area contributed by atoms with Crippen LogP contribution in [0.5, 0.6) is 0 Å². The van der Waals surface area contributed by atoms with E-state index in [1.807, 2.05) is 68.1 Å². The van der Waals surface area contributed by atoms with Crippen molar-refractivity contribution in [3.63, 3.8) is 0 Å². The van der Waals surface area contributed by atoms with E-state index < -0.39 is 5.41 Å². The quantitative estimate of drug-likeness (QED) is 0.808. The Bertz CT molecular complexity index is 840. The van der Waals surface area contributed by atoms with Crippen LogP contribution in [0.4, 0.5) is 11.4 Å². The predicted octanol–water partition coefficient (Wildman–Crippen LogP) is 5.01. The number of thioether (sulfide) groups is 1. The van der Waals surface area contributed by atoms with Crippen LogP contribution in [-0.4, -0.2) is 17.6 Å². The molecule has 5 heteroatoms. The van der Waals surface area contributed by atoms with Gasteiger partial charge in [0.2, 0.25) is 11.8 Å². The smallest absolute Gasteiger partial charge is 0.238 e. The van der Waals surface area contributed by atoms with Gasteiger partial charge in [-0.15, -0.1) is 11.8 Å². The van der Waals surface area contributed by atoms with Gasteiger partial charge in [-0.2, -0.15) is 0 Å². The van der Waals surface area contributed by atoms with Crippen LogP contribution in [0.1, 0.15) is 44.2 Å². The number of rotatable bonds is 4. The van der Waals surface area contributed by atoms with Gasteiger partial charge in [0.25, 0.3) is 0 Å². The van der Waals surface area contributed by atoms with E-state index >= 15 is 0 Å². The van der Waals surface area contributed by atoms with Crippen LogP contribution in [0.25, 0.3) is 0 Å². The summed E-state index contributed by atoms with van der Waals surface area (Å²) >= 11 is 1.64. The molecule has 0 spiro atoms. The molecule has 27 heavy (non-hydrogen) atoms. The summed E-state index contributed by atoms with van der Waals surface area (Å²) in [5.74, 6) is 0.598. The summed E-state index contributed by atoms with van der Waals surface area (Å²) in [5.41, 5.74) is 3.56. The summed E-state index contributed by atoms with van der Waals surface area (Å²) in [6, 6.07) is 15.9. The second-order valence-corrected chi connectivity index (χ2v) is 8.80. The van der Waals surface area contributed by atoms with Gasteiger partial charge in [0.05, 0.1) is 5.75 Å². The van der Waals surface area contributed by atoms with Crippen LogP contribution in [0.2, 0.25) is 0 Å². The van der Waals surface area contributed by atoms with Crippen LogP contribution in [0, 0.1) is 5.41 Å². The fourth-order valence-corrected chi connectivity index (χ4v) is 4.19. The summed E-state index contributed by atoms with van der Waals surface area (Å²) in [7, 11) is 0. The van der Waals surface area contributed by atoms with E-state index in [4.69, 9.17) is 0 Å². The molecule has 3 rings (SSSR count). The van der Waals surface area contributed by atoms with Crippen LogP contribution >= 0.6 is 11.8 Å². The number of anilines is 2. The molecule has 1 unspecified atom stereocenters. The summed E-state index contributed by atoms with van der Waals surface area (Å²) in [5, 5.41) is 2.90. The first-order valence-corrected chi connectivity index (χ1v) is 10.3. The number of benzene rings is 2. The number of hydrogen-bond acceptors (Lipinski definition) is 3. The molecule has 4 nitrogen and oxygen atoms in total. The molecule has 0 aliphatic carbocycles. The van der Waals surface area contributed by atoms with Crippen molar-refractivity contribution < 1.29 is 9.59 Å². The third-order valence-electron chi connectivity index (χ3n) is 4.63. The third kappa shape index (κ3) is 4.19. The molecule has 142 valence electrons. The Morgan fingerprint density at radius 2 is 1.81 bits per heavy atom. The van der Waals surface area contributed by atoms with Crippen LogP contribution < -0.4 is 10.2 Å². The monoisotopic (exact) mass is 382 g/mol. The molecule has 1 atom stereocenters. The zero-order valence-electron chi connectivity index (χ0n) is 16.3. The Hall–Kier alpha value is -2.27. The summed E-state index contributed by atoms with van der Waals surface area (Å²) in [6.45, 7) is 7.77. The number of carbonyl (C=O) groups excluding carboxylic acids is 2. The molecule has 1 aliphatic rings. The molecular weight excluding hydrogens is 356 g/mol. The first kappa shape index (κ1) is 19.5. The molecule has 1 fully saturated rings. The van der Waals surface area contributed by atoms with Crippen molar-refractivity contribution in [1.82, 2.24) is 0 Å². The highest BCUT2D eigenvalue weighted by atomic mass is 32.2. The van der Waals surface area contributed by atoms with Crippen LogP contribution in [0.15, 0.2) is 48.5 Å². The summed E-state index contributed by atoms with van der Waals surface area (Å²) in [6.07, 6.45) is 0.884. The summed E-state index contributed by atoms with van der Waals surface area (Å²) in [4.78, 5) is 26.7. The second-order valence-electron chi connectivity index (χ2n) is 7.74. The lowest BCUT2D eigenvalue weighted by atomic mass is 9.95. The number of nitrogens with zero attached hydrogens (tertiary/aromatic N) is 1. The van der Waals surface area contributed by atoms with E-state index in [-0.39, 0.29) is 17.2 Å². The SMILES string of the molecule is CCc1ccccc1N1C(=O)CSC1c1ccc(NC(=O)C(C)(C)C)cc1. The Balaban J connectivity index is 1.85. The molecule has 0 bridgehead atoms. The second kappa shape index (κ2) is 7.77. The van der Waals surface area contributed by atoms with E-state index in [1.54, 1.807) is 11.8 Å². The number of para-hydroxylation sites is 1. The maximum Gasteiger partial charge on any atom is 0.238 e. The number of carbonyl (C=O) groups is 2. The molecule has 1 aliphatic heterocycles. The van der Waals surface area contributed by atoms with E-state index in [0.29, 0.717) is 5.75 Å². The van der Waals surface area contributed by atoms with E-state index in [2.05, 4.69) is 18.3 Å². The van der Waals surface area contributed by atoms with Crippen molar-refractivity contribution in [1.29, 1.82) is 0 Å². The maximum absolute atomic E-state index is 12.6. The van der Waals surface area contributed by atoms with Crippen LogP contribution in [-0.2, 0) is 16.0 Å². The molecule has 1 N–H and O–H groups in total. The number of nitrogens with one attached hydrogen (secondary N) is 1. The molecular formula is C22H26N2O2S. The third-order valence-corrected chi connectivity index (χ3v) is 5.85. The fourth-order valence-electron chi connectivity index (χ4n) is 3.03. The molecule has 2 aromatic rings. The largest absolute Gasteiger partial charge is 0.326 e. The normalized spacial score (nSPS) is 17.3. The van der Waals surface area contributed by atoms with Gasteiger partial charge in [-0.25, -0.2) is 0 Å². The number of hydrogen-bond donors (Lipinski definition) is 1. The summed E-state index contributed by atoms with van der Waals surface area (Å²) < 4.78 is 0. The molecule has 1 saturated heterocycles. The fraction of sp³-hybridized carbons (Fsp3) is 0.364. The predicted molar refractivity (Wildman–Crippen MR) is 113 cm³/mol. The van der Waals surface area contributed by atoms with Crippen molar-refractivity contribution in [3.05, 3.63) is 59.7 Å². The lowest BCUT2D eigenvalue weighted by molar-refractivity contribution is -0.123. The van der Waals surface area contributed by atoms with Gasteiger partial charge < -0.3 is 5.32 Å². The van der Waals surface area contributed by atoms with Crippen molar-refractivity contribution in [2.75, 3.05) is 16.0 Å². The number of amides is 2. The Morgan fingerprint density at radius 1 is 1.15 bits per heavy atom. The Labute approximate surface area is 165 Å². The highest BCUT2D eigenvalue weighted by Crippen LogP contribution is 2.43. The minimum absolute atomic E-state index is 0.0147. The molecule has 1 heterocycles. The van der Waals surface area contributed by atoms with Gasteiger partial charge in [0, 0.05) is 16.8 Å². The van der Waals surface area contributed by atoms with Gasteiger partial charge in [0.1, 0.15) is 5.37 Å². The Kier molecular flexibility index (Phi) is 5.61. The standard InChI is InChI=1S/C22H26N2O2S/c1-5-15-8-6-7-9-18(15)24-19(25)14-27-20(24)16-10-12-17(13-11-16)23-21(26)22(2,3)4/h6-13,20H,5,14H2,1-4H3,(H,23,26). The van der Waals surface area contributed by atoms with E-state index in [9.17, 15) is 9.59 Å². The van der Waals surface area contributed by atoms with E-state index in [0.717, 1.165) is 23.4 Å². The van der Waals surface area contributed by atoms with Gasteiger partial charge in [-0.05, 0) is 35.7 Å². The first-order chi connectivity index (χ1) is 12.8. The molecule has 0 aromatic heterocycles. The van der Waals surface area contributed by atoms with Gasteiger partial charge in [0.15, 0.2) is 0 Å². The zero-order valence-corrected chi connectivity index (χ0v) is 17.1. The van der Waals surface area contributed by atoms with Crippen molar-refractivity contribution >= 4 is 35.0 Å². The first-order valence-electron chi connectivity index (χ1n) is 9.24. The minimum atomic E-state index is -0.437. The lowest BCUT2D eigenvalue weighted by Crippen LogP contribution is -2.29.